The van der Waals surface area contributed by atoms with Crippen molar-refractivity contribution in [3.63, 3.8) is 0 Å². The molecule has 0 unspecified atom stereocenters. The lowest BCUT2D eigenvalue weighted by atomic mass is 10.1. The van der Waals surface area contributed by atoms with E-state index in [-0.39, 0.29) is 5.91 Å². The van der Waals surface area contributed by atoms with Crippen molar-refractivity contribution in [1.82, 2.24) is 4.57 Å². The van der Waals surface area contributed by atoms with Crippen molar-refractivity contribution in [3.8, 4) is 5.75 Å². The third-order valence-corrected chi connectivity index (χ3v) is 3.08. The number of benzene rings is 1. The number of fused-ring (bicyclic) bond motifs is 1. The zero-order valence-electron chi connectivity index (χ0n) is 11.5. The minimum Gasteiger partial charge on any atom is -0.494 e. The van der Waals surface area contributed by atoms with Gasteiger partial charge in [0.05, 0.1) is 12.1 Å². The first kappa shape index (κ1) is 13.6. The summed E-state index contributed by atoms with van der Waals surface area (Å²) in [6.45, 7) is 4.90. The van der Waals surface area contributed by atoms with Crippen LogP contribution < -0.4 is 10.5 Å². The lowest BCUT2D eigenvalue weighted by Crippen LogP contribution is -2.04. The number of nitrogens with zero attached hydrogens (tertiary/aromatic N) is 1. The van der Waals surface area contributed by atoms with Crippen molar-refractivity contribution in [2.24, 2.45) is 5.73 Å². The fourth-order valence-corrected chi connectivity index (χ4v) is 2.20. The van der Waals surface area contributed by atoms with Crippen LogP contribution in [0.1, 0.15) is 30.6 Å². The highest BCUT2D eigenvalue weighted by molar-refractivity contribution is 5.94. The van der Waals surface area contributed by atoms with E-state index in [1.807, 2.05) is 24.4 Å². The van der Waals surface area contributed by atoms with Crippen molar-refractivity contribution >= 4 is 16.8 Å². The normalized spacial score (nSPS) is 10.9. The highest BCUT2D eigenvalue weighted by Gasteiger charge is 2.11. The molecule has 2 N–H and O–H groups in total. The molecule has 0 aliphatic heterocycles. The second kappa shape index (κ2) is 5.89. The fraction of sp³-hybridized carbons (Fsp3) is 0.400. The Morgan fingerprint density at radius 2 is 2.21 bits per heavy atom. The average Bonchev–Trinajstić information content (AvgIpc) is 2.75. The standard InChI is InChI=1S/C15H20N2O2/c1-3-8-19-13-4-5-15-14(9-13)12(6-7-16)10-17(15)11(2)18/h4-5,9-10H,3,6-8,16H2,1-2H3. The van der Waals surface area contributed by atoms with Gasteiger partial charge in [-0.05, 0) is 43.1 Å². The van der Waals surface area contributed by atoms with Gasteiger partial charge in [-0.25, -0.2) is 0 Å². The van der Waals surface area contributed by atoms with Gasteiger partial charge in [-0.1, -0.05) is 6.92 Å². The Morgan fingerprint density at radius 3 is 2.84 bits per heavy atom. The zero-order chi connectivity index (χ0) is 13.8. The highest BCUT2D eigenvalue weighted by Crippen LogP contribution is 2.26. The van der Waals surface area contributed by atoms with E-state index in [1.165, 1.54) is 0 Å². The summed E-state index contributed by atoms with van der Waals surface area (Å²) in [6.07, 6.45) is 3.61. The number of rotatable bonds is 5. The Hall–Kier alpha value is -1.81. The third-order valence-electron chi connectivity index (χ3n) is 3.08. The van der Waals surface area contributed by atoms with E-state index in [0.29, 0.717) is 13.2 Å². The van der Waals surface area contributed by atoms with Crippen LogP contribution in [0.4, 0.5) is 0 Å². The molecule has 0 saturated carbocycles. The van der Waals surface area contributed by atoms with Crippen LogP contribution in [0, 0.1) is 0 Å². The van der Waals surface area contributed by atoms with Gasteiger partial charge >= 0.3 is 0 Å². The number of ether oxygens (including phenoxy) is 1. The number of hydrogen-bond acceptors (Lipinski definition) is 3. The summed E-state index contributed by atoms with van der Waals surface area (Å²) in [6, 6.07) is 5.83. The molecular formula is C15H20N2O2. The van der Waals surface area contributed by atoms with Crippen LogP contribution in [-0.4, -0.2) is 23.6 Å². The van der Waals surface area contributed by atoms with Gasteiger partial charge < -0.3 is 10.5 Å². The Kier molecular flexibility index (Phi) is 4.22. The van der Waals surface area contributed by atoms with E-state index in [2.05, 4.69) is 6.92 Å². The molecule has 0 amide bonds. The second-order valence-electron chi connectivity index (χ2n) is 4.61. The van der Waals surface area contributed by atoms with E-state index in [9.17, 15) is 4.79 Å². The molecule has 4 heteroatoms. The monoisotopic (exact) mass is 260 g/mol. The Bertz CT molecular complexity index is 587. The summed E-state index contributed by atoms with van der Waals surface area (Å²) >= 11 is 0. The van der Waals surface area contributed by atoms with Crippen LogP contribution in [-0.2, 0) is 6.42 Å². The molecule has 0 aliphatic rings. The number of hydrogen-bond donors (Lipinski definition) is 1. The summed E-state index contributed by atoms with van der Waals surface area (Å²) < 4.78 is 7.31. The van der Waals surface area contributed by atoms with Crippen LogP contribution in [0.2, 0.25) is 0 Å². The van der Waals surface area contributed by atoms with Crippen molar-refractivity contribution in [2.75, 3.05) is 13.2 Å². The first-order chi connectivity index (χ1) is 9.17. The smallest absolute Gasteiger partial charge is 0.227 e. The molecule has 0 fully saturated rings. The van der Waals surface area contributed by atoms with Gasteiger partial charge in [-0.3, -0.25) is 9.36 Å². The van der Waals surface area contributed by atoms with Crippen LogP contribution >= 0.6 is 0 Å². The molecule has 2 rings (SSSR count). The van der Waals surface area contributed by atoms with E-state index in [0.717, 1.165) is 35.1 Å². The van der Waals surface area contributed by atoms with Gasteiger partial charge in [0.25, 0.3) is 0 Å². The molecule has 19 heavy (non-hydrogen) atoms. The molecule has 1 aromatic heterocycles. The molecule has 0 bridgehead atoms. The molecule has 0 radical (unpaired) electrons. The highest BCUT2D eigenvalue weighted by atomic mass is 16.5. The lowest BCUT2D eigenvalue weighted by molar-refractivity contribution is 0.0941. The largest absolute Gasteiger partial charge is 0.494 e. The first-order valence-electron chi connectivity index (χ1n) is 6.65. The fourth-order valence-electron chi connectivity index (χ4n) is 2.20. The van der Waals surface area contributed by atoms with E-state index >= 15 is 0 Å². The summed E-state index contributed by atoms with van der Waals surface area (Å²) in [7, 11) is 0. The Morgan fingerprint density at radius 1 is 1.42 bits per heavy atom. The topological polar surface area (TPSA) is 57.2 Å². The quantitative estimate of drug-likeness (QED) is 0.899. The number of nitrogens with two attached hydrogens (primary N) is 1. The molecule has 102 valence electrons. The Balaban J connectivity index is 2.49. The van der Waals surface area contributed by atoms with Gasteiger partial charge in [0, 0.05) is 18.5 Å². The van der Waals surface area contributed by atoms with E-state index in [4.69, 9.17) is 10.5 Å². The maximum atomic E-state index is 11.6. The maximum Gasteiger partial charge on any atom is 0.227 e. The van der Waals surface area contributed by atoms with Crippen molar-refractivity contribution in [2.45, 2.75) is 26.7 Å². The zero-order valence-corrected chi connectivity index (χ0v) is 11.5. The maximum absolute atomic E-state index is 11.6. The molecular weight excluding hydrogens is 240 g/mol. The van der Waals surface area contributed by atoms with Crippen LogP contribution in [0.3, 0.4) is 0 Å². The lowest BCUT2D eigenvalue weighted by Gasteiger charge is -2.05. The molecule has 0 saturated heterocycles. The number of carbonyl (C=O) groups excluding carboxylic acids is 1. The molecule has 1 aromatic carbocycles. The average molecular weight is 260 g/mol. The molecule has 0 spiro atoms. The Labute approximate surface area is 113 Å². The second-order valence-corrected chi connectivity index (χ2v) is 4.61. The van der Waals surface area contributed by atoms with Gasteiger partial charge in [0.2, 0.25) is 5.91 Å². The minimum absolute atomic E-state index is 0.00972. The summed E-state index contributed by atoms with van der Waals surface area (Å²) in [5, 5.41) is 1.05. The summed E-state index contributed by atoms with van der Waals surface area (Å²) in [5.74, 6) is 0.851. The van der Waals surface area contributed by atoms with Gasteiger partial charge in [0.15, 0.2) is 0 Å². The number of aromatic nitrogens is 1. The summed E-state index contributed by atoms with van der Waals surface area (Å²) in [5.41, 5.74) is 7.64. The molecule has 0 aliphatic carbocycles. The van der Waals surface area contributed by atoms with Crippen LogP contribution in [0.15, 0.2) is 24.4 Å². The van der Waals surface area contributed by atoms with Gasteiger partial charge in [-0.2, -0.15) is 0 Å². The minimum atomic E-state index is 0.00972. The predicted molar refractivity (Wildman–Crippen MR) is 76.8 cm³/mol. The molecule has 1 heterocycles. The number of carbonyl (C=O) groups is 1. The van der Waals surface area contributed by atoms with Crippen molar-refractivity contribution in [3.05, 3.63) is 30.0 Å². The molecule has 0 atom stereocenters. The van der Waals surface area contributed by atoms with E-state index < -0.39 is 0 Å². The van der Waals surface area contributed by atoms with Crippen LogP contribution in [0.25, 0.3) is 10.9 Å². The van der Waals surface area contributed by atoms with E-state index in [1.54, 1.807) is 11.5 Å². The van der Waals surface area contributed by atoms with Gasteiger partial charge in [-0.15, -0.1) is 0 Å². The predicted octanol–water partition coefficient (Wildman–Crippen LogP) is 2.59. The summed E-state index contributed by atoms with van der Waals surface area (Å²) in [4.78, 5) is 11.6. The van der Waals surface area contributed by atoms with Gasteiger partial charge in [0.1, 0.15) is 5.75 Å². The third kappa shape index (κ3) is 2.79. The molecule has 4 nitrogen and oxygen atoms in total. The van der Waals surface area contributed by atoms with Crippen molar-refractivity contribution in [1.29, 1.82) is 0 Å². The first-order valence-corrected chi connectivity index (χ1v) is 6.65. The molecule has 2 aromatic rings. The SMILES string of the molecule is CCCOc1ccc2c(c1)c(CCN)cn2C(C)=O. The van der Waals surface area contributed by atoms with Crippen LogP contribution in [0.5, 0.6) is 5.75 Å². The van der Waals surface area contributed by atoms with Crippen molar-refractivity contribution < 1.29 is 9.53 Å².